The molecule has 2 heterocycles. The minimum atomic E-state index is -0.0771. The predicted molar refractivity (Wildman–Crippen MR) is 142 cm³/mol. The number of amides is 2. The third kappa shape index (κ3) is 7.40. The van der Waals surface area contributed by atoms with Crippen LogP contribution in [-0.2, 0) is 11.3 Å². The summed E-state index contributed by atoms with van der Waals surface area (Å²) in [4.78, 5) is 33.2. The van der Waals surface area contributed by atoms with Gasteiger partial charge in [-0.05, 0) is 48.4 Å². The Labute approximate surface area is 210 Å². The number of aromatic amines is 1. The van der Waals surface area contributed by atoms with Crippen LogP contribution in [0.1, 0.15) is 82.0 Å². The molecule has 0 radical (unpaired) electrons. The van der Waals surface area contributed by atoms with E-state index in [4.69, 9.17) is 0 Å². The molecular weight excluding hydrogens is 438 g/mol. The number of carbonyl (C=O) groups excluding carboxylic acids is 2. The third-order valence-electron chi connectivity index (χ3n) is 6.42. The van der Waals surface area contributed by atoms with Gasteiger partial charge in [0.05, 0.1) is 0 Å². The molecule has 2 aromatic rings. The molecule has 0 saturated heterocycles. The summed E-state index contributed by atoms with van der Waals surface area (Å²) in [6.45, 7) is 17.2. The molecule has 0 fully saturated rings. The van der Waals surface area contributed by atoms with Crippen molar-refractivity contribution in [1.29, 1.82) is 0 Å². The summed E-state index contributed by atoms with van der Waals surface area (Å²) >= 11 is 0. The van der Waals surface area contributed by atoms with Crippen molar-refractivity contribution in [3.63, 3.8) is 0 Å². The fraction of sp³-hybridized carbons (Fsp3) is 0.607. The molecule has 0 spiro atoms. The topological polar surface area (TPSA) is 72.5 Å². The zero-order valence-corrected chi connectivity index (χ0v) is 22.4. The van der Waals surface area contributed by atoms with Crippen LogP contribution in [-0.4, -0.2) is 64.5 Å². The van der Waals surface area contributed by atoms with Crippen LogP contribution in [0.2, 0.25) is 0 Å². The summed E-state index contributed by atoms with van der Waals surface area (Å²) < 4.78 is 0. The molecule has 1 aromatic heterocycles. The first-order chi connectivity index (χ1) is 16.7. The monoisotopic (exact) mass is 481 g/mol. The number of hydrogen-bond acceptors (Lipinski definition) is 4. The van der Waals surface area contributed by atoms with E-state index in [-0.39, 0.29) is 23.7 Å². The van der Waals surface area contributed by atoms with Gasteiger partial charge in [-0.3, -0.25) is 14.7 Å². The number of para-hydroxylation sites is 1. The van der Waals surface area contributed by atoms with Crippen LogP contribution in [0.3, 0.4) is 0 Å². The fourth-order valence-electron chi connectivity index (χ4n) is 4.63. The lowest BCUT2D eigenvalue weighted by Gasteiger charge is -2.28. The van der Waals surface area contributed by atoms with E-state index in [9.17, 15) is 9.59 Å². The zero-order valence-electron chi connectivity index (χ0n) is 22.4. The van der Waals surface area contributed by atoms with Crippen LogP contribution < -0.4 is 4.90 Å². The highest BCUT2D eigenvalue weighted by atomic mass is 16.2. The molecule has 1 aliphatic rings. The highest BCUT2D eigenvalue weighted by Gasteiger charge is 2.26. The van der Waals surface area contributed by atoms with Crippen LogP contribution >= 0.6 is 0 Å². The maximum Gasteiger partial charge on any atom is 0.274 e. The number of rotatable bonds is 6. The Balaban J connectivity index is 1.97. The molecule has 0 atom stereocenters. The van der Waals surface area contributed by atoms with Gasteiger partial charge < -0.3 is 14.7 Å². The average Bonchev–Trinajstić information content (AvgIpc) is 3.27. The van der Waals surface area contributed by atoms with Crippen molar-refractivity contribution in [2.75, 3.05) is 37.6 Å². The summed E-state index contributed by atoms with van der Waals surface area (Å²) in [6, 6.07) is 9.90. The summed E-state index contributed by atoms with van der Waals surface area (Å²) in [5, 5.41) is 7.35. The lowest BCUT2D eigenvalue weighted by atomic mass is 10.1. The van der Waals surface area contributed by atoms with E-state index in [1.165, 1.54) is 0 Å². The molecule has 1 aromatic carbocycles. The first-order valence-corrected chi connectivity index (χ1v) is 13.1. The Morgan fingerprint density at radius 3 is 2.37 bits per heavy atom. The average molecular weight is 482 g/mol. The molecule has 3 rings (SSSR count). The largest absolute Gasteiger partial charge is 0.332 e. The van der Waals surface area contributed by atoms with Crippen LogP contribution in [0.25, 0.3) is 0 Å². The highest BCUT2D eigenvalue weighted by molar-refractivity contribution is 5.95. The number of carbonyl (C=O) groups is 2. The lowest BCUT2D eigenvalue weighted by molar-refractivity contribution is -0.119. The van der Waals surface area contributed by atoms with Gasteiger partial charge in [-0.1, -0.05) is 59.7 Å². The van der Waals surface area contributed by atoms with E-state index >= 15 is 0 Å². The number of anilines is 1. The molecule has 192 valence electrons. The zero-order chi connectivity index (χ0) is 25.5. The Hall–Kier alpha value is -2.67. The number of nitrogens with one attached hydrogen (secondary N) is 1. The van der Waals surface area contributed by atoms with E-state index in [0.29, 0.717) is 37.7 Å². The van der Waals surface area contributed by atoms with Crippen molar-refractivity contribution in [3.05, 3.63) is 47.3 Å². The number of hydrogen-bond donors (Lipinski definition) is 1. The van der Waals surface area contributed by atoms with E-state index < -0.39 is 0 Å². The van der Waals surface area contributed by atoms with E-state index in [0.717, 1.165) is 43.0 Å². The van der Waals surface area contributed by atoms with Crippen LogP contribution in [0.15, 0.2) is 30.3 Å². The van der Waals surface area contributed by atoms with Gasteiger partial charge in [0.25, 0.3) is 5.91 Å². The predicted octanol–water partition coefficient (Wildman–Crippen LogP) is 4.92. The molecule has 35 heavy (non-hydrogen) atoms. The van der Waals surface area contributed by atoms with Crippen molar-refractivity contribution in [1.82, 2.24) is 20.0 Å². The van der Waals surface area contributed by atoms with Gasteiger partial charge in [-0.15, -0.1) is 0 Å². The number of benzene rings is 1. The smallest absolute Gasteiger partial charge is 0.274 e. The van der Waals surface area contributed by atoms with Crippen molar-refractivity contribution in [2.24, 2.45) is 11.8 Å². The van der Waals surface area contributed by atoms with E-state index in [2.05, 4.69) is 56.6 Å². The van der Waals surface area contributed by atoms with Crippen molar-refractivity contribution < 1.29 is 9.59 Å². The second-order valence-electron chi connectivity index (χ2n) is 10.9. The Kier molecular flexibility index (Phi) is 9.49. The van der Waals surface area contributed by atoms with Gasteiger partial charge in [0.1, 0.15) is 5.69 Å². The van der Waals surface area contributed by atoms with Gasteiger partial charge >= 0.3 is 0 Å². The SMILES string of the molecule is CC(C)CC(=O)N1CCCN(CC(C)C)CCN(C(=O)c2cc(C(C)C)[nH]n2)Cc2ccccc21. The molecule has 0 aliphatic carbocycles. The van der Waals surface area contributed by atoms with Gasteiger partial charge in [0.2, 0.25) is 5.91 Å². The summed E-state index contributed by atoms with van der Waals surface area (Å²) in [6.07, 6.45) is 1.41. The summed E-state index contributed by atoms with van der Waals surface area (Å²) in [5.74, 6) is 1.16. The molecule has 7 heteroatoms. The van der Waals surface area contributed by atoms with Crippen LogP contribution in [0.4, 0.5) is 5.69 Å². The fourth-order valence-corrected chi connectivity index (χ4v) is 4.63. The van der Waals surface area contributed by atoms with Crippen LogP contribution in [0.5, 0.6) is 0 Å². The maximum atomic E-state index is 13.6. The van der Waals surface area contributed by atoms with Gasteiger partial charge in [-0.2, -0.15) is 5.10 Å². The normalized spacial score (nSPS) is 16.0. The Morgan fingerprint density at radius 2 is 1.71 bits per heavy atom. The lowest BCUT2D eigenvalue weighted by Crippen LogP contribution is -2.40. The van der Waals surface area contributed by atoms with Crippen molar-refractivity contribution in [2.45, 2.75) is 66.8 Å². The molecule has 0 bridgehead atoms. The second kappa shape index (κ2) is 12.3. The Morgan fingerprint density at radius 1 is 0.971 bits per heavy atom. The molecule has 1 aliphatic heterocycles. The standard InChI is InChI=1S/C28H43N5O2/c1-20(2)16-27(34)33-13-9-12-31(18-21(3)4)14-15-32(19-23-10-7-8-11-26(23)33)28(35)25-17-24(22(5)6)29-30-25/h7-8,10-11,17,20-22H,9,12-16,18-19H2,1-6H3,(H,29,30). The first kappa shape index (κ1) is 26.9. The van der Waals surface area contributed by atoms with Crippen molar-refractivity contribution in [3.8, 4) is 0 Å². The van der Waals surface area contributed by atoms with Gasteiger partial charge in [0, 0.05) is 50.5 Å². The van der Waals surface area contributed by atoms with Crippen molar-refractivity contribution >= 4 is 17.5 Å². The number of nitrogens with zero attached hydrogens (tertiary/aromatic N) is 4. The first-order valence-electron chi connectivity index (χ1n) is 13.1. The minimum absolute atomic E-state index is 0.0771. The molecule has 7 nitrogen and oxygen atoms in total. The maximum absolute atomic E-state index is 13.6. The quantitative estimate of drug-likeness (QED) is 0.636. The molecule has 2 amide bonds. The molecule has 1 N–H and O–H groups in total. The molecule has 0 unspecified atom stereocenters. The number of H-pyrrole nitrogens is 1. The molecular formula is C28H43N5O2. The van der Waals surface area contributed by atoms with E-state index in [1.54, 1.807) is 0 Å². The Bertz CT molecular complexity index is 981. The highest BCUT2D eigenvalue weighted by Crippen LogP contribution is 2.26. The van der Waals surface area contributed by atoms with Gasteiger partial charge in [0.15, 0.2) is 0 Å². The summed E-state index contributed by atoms with van der Waals surface area (Å²) in [7, 11) is 0. The summed E-state index contributed by atoms with van der Waals surface area (Å²) in [5.41, 5.74) is 3.32. The van der Waals surface area contributed by atoms with E-state index in [1.807, 2.05) is 40.1 Å². The number of aromatic nitrogens is 2. The second-order valence-corrected chi connectivity index (χ2v) is 10.9. The third-order valence-corrected chi connectivity index (χ3v) is 6.42. The molecule has 0 saturated carbocycles. The minimum Gasteiger partial charge on any atom is -0.332 e. The van der Waals surface area contributed by atoms with Gasteiger partial charge in [-0.25, -0.2) is 0 Å². The van der Waals surface area contributed by atoms with Crippen LogP contribution in [0, 0.1) is 11.8 Å². The number of fused-ring (bicyclic) bond motifs is 1.